The monoisotopic (exact) mass is 216 g/mol. The SMILES string of the molecule is CCn1c(C2CCCN2)nc2cnccc21. The number of hydrogen-bond donors (Lipinski definition) is 1. The standard InChI is InChI=1S/C12H16N4/c1-2-16-11-5-7-13-8-10(11)15-12(16)9-4-3-6-14-9/h5,7-9,14H,2-4,6H2,1H3. The molecular formula is C12H16N4. The molecule has 2 aromatic heterocycles. The van der Waals surface area contributed by atoms with E-state index in [4.69, 9.17) is 4.98 Å². The first-order chi connectivity index (χ1) is 7.90. The molecule has 1 aliphatic rings. The Balaban J connectivity index is 2.15. The van der Waals surface area contributed by atoms with E-state index in [1.54, 1.807) is 0 Å². The summed E-state index contributed by atoms with van der Waals surface area (Å²) in [5.41, 5.74) is 2.20. The zero-order valence-corrected chi connectivity index (χ0v) is 9.48. The van der Waals surface area contributed by atoms with Gasteiger partial charge in [-0.2, -0.15) is 0 Å². The topological polar surface area (TPSA) is 42.7 Å². The molecule has 4 heteroatoms. The Labute approximate surface area is 94.7 Å². The van der Waals surface area contributed by atoms with E-state index >= 15 is 0 Å². The summed E-state index contributed by atoms with van der Waals surface area (Å²) in [6.07, 6.45) is 6.12. The minimum Gasteiger partial charge on any atom is -0.327 e. The van der Waals surface area contributed by atoms with Gasteiger partial charge >= 0.3 is 0 Å². The summed E-state index contributed by atoms with van der Waals surface area (Å²) in [5.74, 6) is 1.17. The van der Waals surface area contributed by atoms with E-state index < -0.39 is 0 Å². The molecule has 1 unspecified atom stereocenters. The summed E-state index contributed by atoms with van der Waals surface area (Å²) in [7, 11) is 0. The largest absolute Gasteiger partial charge is 0.327 e. The highest BCUT2D eigenvalue weighted by atomic mass is 15.1. The lowest BCUT2D eigenvalue weighted by molar-refractivity contribution is 0.565. The highest BCUT2D eigenvalue weighted by Gasteiger charge is 2.22. The Morgan fingerprint density at radius 2 is 2.50 bits per heavy atom. The molecule has 0 aliphatic carbocycles. The summed E-state index contributed by atoms with van der Waals surface area (Å²) in [6.45, 7) is 4.24. The van der Waals surface area contributed by atoms with Crippen molar-refractivity contribution in [3.63, 3.8) is 0 Å². The summed E-state index contributed by atoms with van der Waals surface area (Å²) >= 11 is 0. The summed E-state index contributed by atoms with van der Waals surface area (Å²) in [5, 5.41) is 3.50. The third-order valence-corrected chi connectivity index (χ3v) is 3.27. The summed E-state index contributed by atoms with van der Waals surface area (Å²) < 4.78 is 2.29. The molecule has 0 spiro atoms. The van der Waals surface area contributed by atoms with Crippen LogP contribution in [0.2, 0.25) is 0 Å². The van der Waals surface area contributed by atoms with Crippen LogP contribution in [-0.4, -0.2) is 21.1 Å². The molecule has 84 valence electrons. The molecule has 4 nitrogen and oxygen atoms in total. The Bertz CT molecular complexity index is 497. The Morgan fingerprint density at radius 3 is 3.25 bits per heavy atom. The number of nitrogens with zero attached hydrogens (tertiary/aromatic N) is 3. The van der Waals surface area contributed by atoms with Gasteiger partial charge in [0.05, 0.1) is 17.8 Å². The molecule has 16 heavy (non-hydrogen) atoms. The molecule has 0 aromatic carbocycles. The number of imidazole rings is 1. The molecular weight excluding hydrogens is 200 g/mol. The number of pyridine rings is 1. The number of aromatic nitrogens is 3. The zero-order chi connectivity index (χ0) is 11.0. The molecule has 1 fully saturated rings. The summed E-state index contributed by atoms with van der Waals surface area (Å²) in [6, 6.07) is 2.47. The Hall–Kier alpha value is -1.42. The lowest BCUT2D eigenvalue weighted by Crippen LogP contribution is -2.17. The van der Waals surface area contributed by atoms with Crippen molar-refractivity contribution in [2.24, 2.45) is 0 Å². The van der Waals surface area contributed by atoms with E-state index in [9.17, 15) is 0 Å². The highest BCUT2D eigenvalue weighted by Crippen LogP contribution is 2.25. The van der Waals surface area contributed by atoms with Crippen molar-refractivity contribution in [3.8, 4) is 0 Å². The maximum Gasteiger partial charge on any atom is 0.127 e. The van der Waals surface area contributed by atoms with Crippen LogP contribution in [0.25, 0.3) is 11.0 Å². The number of hydrogen-bond acceptors (Lipinski definition) is 3. The smallest absolute Gasteiger partial charge is 0.127 e. The quantitative estimate of drug-likeness (QED) is 0.833. The highest BCUT2D eigenvalue weighted by molar-refractivity contribution is 5.74. The first-order valence-corrected chi connectivity index (χ1v) is 5.93. The van der Waals surface area contributed by atoms with E-state index in [1.165, 1.54) is 24.2 Å². The van der Waals surface area contributed by atoms with Crippen LogP contribution in [0.15, 0.2) is 18.5 Å². The minimum atomic E-state index is 0.423. The molecule has 3 heterocycles. The van der Waals surface area contributed by atoms with Crippen molar-refractivity contribution in [2.45, 2.75) is 32.4 Å². The fraction of sp³-hybridized carbons (Fsp3) is 0.500. The second-order valence-corrected chi connectivity index (χ2v) is 4.23. The summed E-state index contributed by atoms with van der Waals surface area (Å²) in [4.78, 5) is 8.84. The third kappa shape index (κ3) is 1.41. The maximum absolute atomic E-state index is 4.70. The van der Waals surface area contributed by atoms with Gasteiger partial charge in [0.15, 0.2) is 0 Å². The van der Waals surface area contributed by atoms with E-state index in [2.05, 4.69) is 21.8 Å². The minimum absolute atomic E-state index is 0.423. The molecule has 1 atom stereocenters. The zero-order valence-electron chi connectivity index (χ0n) is 9.48. The van der Waals surface area contributed by atoms with Crippen LogP contribution in [0.4, 0.5) is 0 Å². The Kier molecular flexibility index (Phi) is 2.36. The van der Waals surface area contributed by atoms with Gasteiger partial charge in [0.2, 0.25) is 0 Å². The van der Waals surface area contributed by atoms with Gasteiger partial charge in [0.25, 0.3) is 0 Å². The normalized spacial score (nSPS) is 20.7. The molecule has 0 radical (unpaired) electrons. The predicted octanol–water partition coefficient (Wildman–Crippen LogP) is 1.88. The van der Waals surface area contributed by atoms with E-state index in [-0.39, 0.29) is 0 Å². The molecule has 0 saturated carbocycles. The molecule has 0 bridgehead atoms. The number of fused-ring (bicyclic) bond motifs is 1. The number of rotatable bonds is 2. The van der Waals surface area contributed by atoms with Crippen molar-refractivity contribution in [2.75, 3.05) is 6.54 Å². The van der Waals surface area contributed by atoms with Gasteiger partial charge < -0.3 is 9.88 Å². The first-order valence-electron chi connectivity index (χ1n) is 5.93. The van der Waals surface area contributed by atoms with Gasteiger partial charge in [0.1, 0.15) is 11.3 Å². The lowest BCUT2D eigenvalue weighted by Gasteiger charge is -2.11. The van der Waals surface area contributed by atoms with Crippen LogP contribution in [0, 0.1) is 0 Å². The van der Waals surface area contributed by atoms with Crippen LogP contribution in [-0.2, 0) is 6.54 Å². The third-order valence-electron chi connectivity index (χ3n) is 3.27. The van der Waals surface area contributed by atoms with Gasteiger partial charge in [-0.25, -0.2) is 4.98 Å². The van der Waals surface area contributed by atoms with Crippen LogP contribution < -0.4 is 5.32 Å². The fourth-order valence-electron chi connectivity index (χ4n) is 2.50. The van der Waals surface area contributed by atoms with Gasteiger partial charge in [-0.1, -0.05) is 0 Å². The number of nitrogens with one attached hydrogen (secondary N) is 1. The predicted molar refractivity (Wildman–Crippen MR) is 63.2 cm³/mol. The van der Waals surface area contributed by atoms with Gasteiger partial charge in [-0.3, -0.25) is 4.98 Å². The average molecular weight is 216 g/mol. The van der Waals surface area contributed by atoms with E-state index in [1.807, 2.05) is 18.5 Å². The van der Waals surface area contributed by atoms with Gasteiger partial charge in [0, 0.05) is 12.7 Å². The molecule has 0 amide bonds. The molecule has 1 aliphatic heterocycles. The van der Waals surface area contributed by atoms with Gasteiger partial charge in [-0.15, -0.1) is 0 Å². The van der Waals surface area contributed by atoms with Crippen LogP contribution in [0.1, 0.15) is 31.6 Å². The van der Waals surface area contributed by atoms with Crippen molar-refractivity contribution >= 4 is 11.0 Å². The van der Waals surface area contributed by atoms with Crippen LogP contribution in [0.3, 0.4) is 0 Å². The van der Waals surface area contributed by atoms with Crippen molar-refractivity contribution < 1.29 is 0 Å². The fourth-order valence-corrected chi connectivity index (χ4v) is 2.50. The van der Waals surface area contributed by atoms with Crippen LogP contribution >= 0.6 is 0 Å². The van der Waals surface area contributed by atoms with E-state index in [0.717, 1.165) is 18.6 Å². The van der Waals surface area contributed by atoms with Gasteiger partial charge in [-0.05, 0) is 32.4 Å². The van der Waals surface area contributed by atoms with Crippen LogP contribution in [0.5, 0.6) is 0 Å². The average Bonchev–Trinajstić information content (AvgIpc) is 2.95. The molecule has 1 N–H and O–H groups in total. The second-order valence-electron chi connectivity index (χ2n) is 4.23. The Morgan fingerprint density at radius 1 is 1.56 bits per heavy atom. The molecule has 3 rings (SSSR count). The molecule has 2 aromatic rings. The van der Waals surface area contributed by atoms with Crippen molar-refractivity contribution in [1.29, 1.82) is 0 Å². The second kappa shape index (κ2) is 3.87. The lowest BCUT2D eigenvalue weighted by atomic mass is 10.2. The maximum atomic E-state index is 4.70. The van der Waals surface area contributed by atoms with Crippen molar-refractivity contribution in [3.05, 3.63) is 24.3 Å². The van der Waals surface area contributed by atoms with Crippen molar-refractivity contribution in [1.82, 2.24) is 19.9 Å². The van der Waals surface area contributed by atoms with E-state index in [0.29, 0.717) is 6.04 Å². The molecule has 1 saturated heterocycles. The first kappa shape index (κ1) is 9.78. The number of aryl methyl sites for hydroxylation is 1.